The molecule has 1 saturated heterocycles. The molecule has 21 heavy (non-hydrogen) atoms. The Bertz CT molecular complexity index is 530. The Hall–Kier alpha value is -1.56. The molecular formula is C15H19F3N2O. The fraction of sp³-hybridized carbons (Fsp3) is 0.533. The maximum Gasteiger partial charge on any atom is 0.405 e. The first-order valence-electron chi connectivity index (χ1n) is 6.85. The molecule has 0 aromatic heterocycles. The number of hydrogen-bond acceptors (Lipinski definition) is 2. The number of alkyl halides is 3. The van der Waals surface area contributed by atoms with Crippen molar-refractivity contribution in [2.45, 2.75) is 32.1 Å². The number of carbonyl (C=O) groups excluding carboxylic acids is 1. The monoisotopic (exact) mass is 300 g/mol. The molecule has 1 heterocycles. The fourth-order valence-electron chi connectivity index (χ4n) is 2.65. The minimum Gasteiger partial charge on any atom is -0.335 e. The van der Waals surface area contributed by atoms with Crippen LogP contribution in [-0.4, -0.2) is 54.1 Å². The number of benzene rings is 1. The Kier molecular flexibility index (Phi) is 4.27. The summed E-state index contributed by atoms with van der Waals surface area (Å²) in [5.74, 6) is -0.331. The van der Waals surface area contributed by atoms with E-state index >= 15 is 0 Å². The van der Waals surface area contributed by atoms with Crippen LogP contribution >= 0.6 is 0 Å². The summed E-state index contributed by atoms with van der Waals surface area (Å²) < 4.78 is 39.3. The van der Waals surface area contributed by atoms with Gasteiger partial charge in [0.1, 0.15) is 6.04 Å². The van der Waals surface area contributed by atoms with Gasteiger partial charge in [0.25, 0.3) is 5.91 Å². The molecule has 0 aliphatic carbocycles. The highest BCUT2D eigenvalue weighted by Gasteiger charge is 2.48. The summed E-state index contributed by atoms with van der Waals surface area (Å²) in [7, 11) is 1.46. The molecule has 6 heteroatoms. The third-order valence-electron chi connectivity index (χ3n) is 4.11. The summed E-state index contributed by atoms with van der Waals surface area (Å²) in [5, 5.41) is 0. The number of rotatable bonds is 1. The van der Waals surface area contributed by atoms with E-state index < -0.39 is 12.2 Å². The van der Waals surface area contributed by atoms with E-state index in [-0.39, 0.29) is 18.5 Å². The molecule has 0 bridgehead atoms. The molecule has 116 valence electrons. The summed E-state index contributed by atoms with van der Waals surface area (Å²) in [6.07, 6.45) is -4.34. The number of carbonyl (C=O) groups is 1. The molecule has 0 N–H and O–H groups in total. The molecule has 1 aliphatic heterocycles. The molecule has 2 rings (SSSR count). The van der Waals surface area contributed by atoms with E-state index in [4.69, 9.17) is 0 Å². The van der Waals surface area contributed by atoms with Crippen LogP contribution < -0.4 is 0 Å². The van der Waals surface area contributed by atoms with E-state index in [1.54, 1.807) is 38.1 Å². The van der Waals surface area contributed by atoms with E-state index in [9.17, 15) is 18.0 Å². The predicted molar refractivity (Wildman–Crippen MR) is 74.2 cm³/mol. The molecule has 0 radical (unpaired) electrons. The van der Waals surface area contributed by atoms with Gasteiger partial charge in [-0.05, 0) is 32.5 Å². The molecule has 1 aromatic carbocycles. The number of piperazine rings is 1. The lowest BCUT2D eigenvalue weighted by atomic mass is 10.0. The van der Waals surface area contributed by atoms with Gasteiger partial charge in [-0.3, -0.25) is 9.69 Å². The molecule has 0 spiro atoms. The van der Waals surface area contributed by atoms with E-state index in [0.717, 1.165) is 5.56 Å². The van der Waals surface area contributed by atoms with Crippen molar-refractivity contribution >= 4 is 5.91 Å². The van der Waals surface area contributed by atoms with Gasteiger partial charge in [-0.15, -0.1) is 0 Å². The largest absolute Gasteiger partial charge is 0.405 e. The van der Waals surface area contributed by atoms with Gasteiger partial charge >= 0.3 is 6.18 Å². The second-order valence-corrected chi connectivity index (χ2v) is 5.60. The van der Waals surface area contributed by atoms with Crippen LogP contribution in [0.4, 0.5) is 13.2 Å². The second-order valence-electron chi connectivity index (χ2n) is 5.60. The standard InChI is InChI=1S/C15H19F3N2O/c1-10-6-4-5-7-12(10)14(21)20-8-11(2)19(3)13(9-20)15(16,17)18/h4-7,11,13H,8-9H2,1-3H3. The fourth-order valence-corrected chi connectivity index (χ4v) is 2.65. The van der Waals surface area contributed by atoms with Gasteiger partial charge in [0.15, 0.2) is 0 Å². The molecule has 1 aliphatic rings. The van der Waals surface area contributed by atoms with Crippen molar-refractivity contribution in [2.75, 3.05) is 20.1 Å². The lowest BCUT2D eigenvalue weighted by Crippen LogP contribution is -2.62. The van der Waals surface area contributed by atoms with Gasteiger partial charge in [0, 0.05) is 24.7 Å². The number of hydrogen-bond donors (Lipinski definition) is 0. The van der Waals surface area contributed by atoms with Gasteiger partial charge in [-0.2, -0.15) is 13.2 Å². The highest BCUT2D eigenvalue weighted by molar-refractivity contribution is 5.95. The molecule has 1 fully saturated rings. The third-order valence-corrected chi connectivity index (χ3v) is 4.11. The second kappa shape index (κ2) is 5.67. The van der Waals surface area contributed by atoms with Crippen LogP contribution in [0.2, 0.25) is 0 Å². The van der Waals surface area contributed by atoms with Crippen LogP contribution in [0, 0.1) is 6.92 Å². The molecule has 0 saturated carbocycles. The van der Waals surface area contributed by atoms with E-state index in [1.165, 1.54) is 16.8 Å². The SMILES string of the molecule is Cc1ccccc1C(=O)N1CC(C)N(C)C(C(F)(F)F)C1. The maximum absolute atomic E-state index is 13.1. The van der Waals surface area contributed by atoms with E-state index in [1.807, 2.05) is 0 Å². The van der Waals surface area contributed by atoms with Crippen molar-refractivity contribution in [3.63, 3.8) is 0 Å². The zero-order valence-corrected chi connectivity index (χ0v) is 12.3. The quantitative estimate of drug-likeness (QED) is 0.796. The topological polar surface area (TPSA) is 23.6 Å². The van der Waals surface area contributed by atoms with Crippen LogP contribution in [0.3, 0.4) is 0 Å². The molecule has 1 amide bonds. The first-order valence-corrected chi connectivity index (χ1v) is 6.85. The van der Waals surface area contributed by atoms with Crippen LogP contribution in [0.15, 0.2) is 24.3 Å². The Labute approximate surface area is 122 Å². The number of halogens is 3. The minimum atomic E-state index is -4.34. The lowest BCUT2D eigenvalue weighted by molar-refractivity contribution is -0.197. The number of likely N-dealkylation sites (N-methyl/N-ethyl adjacent to an activating group) is 1. The zero-order valence-electron chi connectivity index (χ0n) is 12.3. The van der Waals surface area contributed by atoms with Crippen LogP contribution in [0.25, 0.3) is 0 Å². The Morgan fingerprint density at radius 3 is 2.43 bits per heavy atom. The van der Waals surface area contributed by atoms with Gasteiger partial charge in [0.2, 0.25) is 0 Å². The van der Waals surface area contributed by atoms with Crippen molar-refractivity contribution in [3.8, 4) is 0 Å². The Morgan fingerprint density at radius 1 is 1.24 bits per heavy atom. The maximum atomic E-state index is 13.1. The third kappa shape index (κ3) is 3.20. The van der Waals surface area contributed by atoms with Gasteiger partial charge < -0.3 is 4.90 Å². The molecule has 2 unspecified atom stereocenters. The molecule has 2 atom stereocenters. The van der Waals surface area contributed by atoms with Crippen LogP contribution in [-0.2, 0) is 0 Å². The van der Waals surface area contributed by atoms with Gasteiger partial charge in [-0.25, -0.2) is 0 Å². The number of nitrogens with zero attached hydrogens (tertiary/aromatic N) is 2. The Balaban J connectivity index is 2.25. The predicted octanol–water partition coefficient (Wildman–Crippen LogP) is 2.70. The zero-order chi connectivity index (χ0) is 15.8. The van der Waals surface area contributed by atoms with Crippen molar-refractivity contribution in [2.24, 2.45) is 0 Å². The highest BCUT2D eigenvalue weighted by Crippen LogP contribution is 2.29. The van der Waals surface area contributed by atoms with E-state index in [0.29, 0.717) is 12.1 Å². The van der Waals surface area contributed by atoms with Gasteiger partial charge in [0.05, 0.1) is 0 Å². The van der Waals surface area contributed by atoms with Crippen molar-refractivity contribution in [3.05, 3.63) is 35.4 Å². The molecular weight excluding hydrogens is 281 g/mol. The average molecular weight is 300 g/mol. The van der Waals surface area contributed by atoms with Gasteiger partial charge in [-0.1, -0.05) is 18.2 Å². The summed E-state index contributed by atoms with van der Waals surface area (Å²) in [4.78, 5) is 15.1. The lowest BCUT2D eigenvalue weighted by Gasteiger charge is -2.44. The van der Waals surface area contributed by atoms with Crippen molar-refractivity contribution in [1.82, 2.24) is 9.80 Å². The first kappa shape index (κ1) is 15.8. The number of aryl methyl sites for hydroxylation is 1. The van der Waals surface area contributed by atoms with Crippen LogP contribution in [0.1, 0.15) is 22.8 Å². The summed E-state index contributed by atoms with van der Waals surface area (Å²) in [5.41, 5.74) is 1.24. The normalized spacial score (nSPS) is 24.2. The molecule has 1 aromatic rings. The summed E-state index contributed by atoms with van der Waals surface area (Å²) in [6, 6.07) is 5.02. The summed E-state index contributed by atoms with van der Waals surface area (Å²) >= 11 is 0. The van der Waals surface area contributed by atoms with Crippen molar-refractivity contribution < 1.29 is 18.0 Å². The minimum absolute atomic E-state index is 0.302. The smallest absolute Gasteiger partial charge is 0.335 e. The molecule has 3 nitrogen and oxygen atoms in total. The summed E-state index contributed by atoms with van der Waals surface area (Å²) in [6.45, 7) is 3.47. The van der Waals surface area contributed by atoms with Crippen LogP contribution in [0.5, 0.6) is 0 Å². The van der Waals surface area contributed by atoms with Crippen molar-refractivity contribution in [1.29, 1.82) is 0 Å². The highest BCUT2D eigenvalue weighted by atomic mass is 19.4. The average Bonchev–Trinajstić information content (AvgIpc) is 2.40. The van der Waals surface area contributed by atoms with E-state index in [2.05, 4.69) is 0 Å². The number of amides is 1. The Morgan fingerprint density at radius 2 is 1.86 bits per heavy atom. The first-order chi connectivity index (χ1) is 9.71.